The van der Waals surface area contributed by atoms with Crippen LogP contribution in [0, 0.1) is 0 Å². The normalized spacial score (nSPS) is 26.8. The predicted octanol–water partition coefficient (Wildman–Crippen LogP) is 2.05. The number of rotatable bonds is 2. The molecule has 0 N–H and O–H groups in total. The summed E-state index contributed by atoms with van der Waals surface area (Å²) in [5.41, 5.74) is 0.911. The number of ether oxygens (including phenoxy) is 3. The molecule has 4 nitrogen and oxygen atoms in total. The number of carbonyl (C=O) groups is 1. The van der Waals surface area contributed by atoms with Gasteiger partial charge in [0, 0.05) is 0 Å². The van der Waals surface area contributed by atoms with E-state index in [0.29, 0.717) is 0 Å². The van der Waals surface area contributed by atoms with Crippen LogP contribution in [0.3, 0.4) is 0 Å². The van der Waals surface area contributed by atoms with E-state index in [0.717, 1.165) is 5.56 Å². The predicted molar refractivity (Wildman–Crippen MR) is 61.2 cm³/mol. The van der Waals surface area contributed by atoms with Crippen LogP contribution in [0.1, 0.15) is 25.5 Å². The molecule has 0 bridgehead atoms. The van der Waals surface area contributed by atoms with Crippen molar-refractivity contribution < 1.29 is 19.0 Å². The minimum absolute atomic E-state index is 0.413. The lowest BCUT2D eigenvalue weighted by molar-refractivity contribution is -0.168. The van der Waals surface area contributed by atoms with Gasteiger partial charge in [-0.05, 0) is 19.4 Å². The molecule has 2 atom stereocenters. The molecule has 1 unspecified atom stereocenters. The maximum Gasteiger partial charge on any atom is 0.338 e. The number of methoxy groups -OCH3 is 1. The average Bonchev–Trinajstić information content (AvgIpc) is 2.65. The maximum absolute atomic E-state index is 11.7. The summed E-state index contributed by atoms with van der Waals surface area (Å²) in [4.78, 5) is 11.7. The van der Waals surface area contributed by atoms with Crippen molar-refractivity contribution in [3.8, 4) is 0 Å². The summed E-state index contributed by atoms with van der Waals surface area (Å²) in [6.07, 6.45) is -1.13. The van der Waals surface area contributed by atoms with Crippen LogP contribution in [0.5, 0.6) is 0 Å². The summed E-state index contributed by atoms with van der Waals surface area (Å²) in [5, 5.41) is 0. The van der Waals surface area contributed by atoms with E-state index in [1.54, 1.807) is 13.8 Å². The van der Waals surface area contributed by atoms with E-state index < -0.39 is 24.0 Å². The Morgan fingerprint density at radius 2 is 1.88 bits per heavy atom. The zero-order valence-corrected chi connectivity index (χ0v) is 10.2. The second-order valence-corrected chi connectivity index (χ2v) is 4.41. The first kappa shape index (κ1) is 12.1. The molecule has 92 valence electrons. The van der Waals surface area contributed by atoms with Crippen molar-refractivity contribution >= 4 is 5.97 Å². The quantitative estimate of drug-likeness (QED) is 0.737. The van der Waals surface area contributed by atoms with E-state index in [1.165, 1.54) is 7.11 Å². The summed E-state index contributed by atoms with van der Waals surface area (Å²) in [6, 6.07) is 9.53. The molecule has 0 spiro atoms. The molecule has 1 aromatic rings. The lowest BCUT2D eigenvalue weighted by atomic mass is 10.0. The Morgan fingerprint density at radius 3 is 2.47 bits per heavy atom. The number of hydrogen-bond acceptors (Lipinski definition) is 4. The van der Waals surface area contributed by atoms with E-state index in [-0.39, 0.29) is 0 Å². The Balaban J connectivity index is 2.28. The van der Waals surface area contributed by atoms with E-state index in [4.69, 9.17) is 14.2 Å². The van der Waals surface area contributed by atoms with Gasteiger partial charge in [0.05, 0.1) is 7.11 Å². The van der Waals surface area contributed by atoms with Crippen LogP contribution in [-0.2, 0) is 19.0 Å². The molecule has 0 radical (unpaired) electrons. The van der Waals surface area contributed by atoms with E-state index in [2.05, 4.69) is 0 Å². The maximum atomic E-state index is 11.7. The fourth-order valence-electron chi connectivity index (χ4n) is 1.94. The van der Waals surface area contributed by atoms with E-state index in [1.807, 2.05) is 30.3 Å². The van der Waals surface area contributed by atoms with Crippen LogP contribution in [-0.4, -0.2) is 25.0 Å². The molecule has 1 saturated heterocycles. The van der Waals surface area contributed by atoms with E-state index in [9.17, 15) is 4.79 Å². The standard InChI is InChI=1S/C13H16O4/c1-13(2)16-10(9-7-5-4-6-8-9)11(17-13)12(14)15-3/h4-8,10-11H,1-3H3/t10?,11-/m1/s1. The fourth-order valence-corrected chi connectivity index (χ4v) is 1.94. The topological polar surface area (TPSA) is 44.8 Å². The average molecular weight is 236 g/mol. The smallest absolute Gasteiger partial charge is 0.338 e. The minimum atomic E-state index is -0.778. The molecule has 17 heavy (non-hydrogen) atoms. The zero-order valence-electron chi connectivity index (χ0n) is 10.2. The number of benzene rings is 1. The highest BCUT2D eigenvalue weighted by molar-refractivity contribution is 5.76. The fraction of sp³-hybridized carbons (Fsp3) is 0.462. The van der Waals surface area contributed by atoms with Gasteiger partial charge in [0.25, 0.3) is 0 Å². The van der Waals surface area contributed by atoms with Crippen molar-refractivity contribution in [1.82, 2.24) is 0 Å². The van der Waals surface area contributed by atoms with Gasteiger partial charge in [0.1, 0.15) is 6.10 Å². The largest absolute Gasteiger partial charge is 0.467 e. The molecule has 0 aromatic heterocycles. The first-order valence-electron chi connectivity index (χ1n) is 5.52. The van der Waals surface area contributed by atoms with Crippen molar-refractivity contribution in [1.29, 1.82) is 0 Å². The first-order valence-corrected chi connectivity index (χ1v) is 5.52. The van der Waals surface area contributed by atoms with Gasteiger partial charge in [-0.15, -0.1) is 0 Å². The van der Waals surface area contributed by atoms with Gasteiger partial charge >= 0.3 is 5.97 Å². The van der Waals surface area contributed by atoms with Crippen molar-refractivity contribution in [2.45, 2.75) is 31.8 Å². The van der Waals surface area contributed by atoms with Crippen LogP contribution in [0.2, 0.25) is 0 Å². The van der Waals surface area contributed by atoms with Gasteiger partial charge in [0.15, 0.2) is 11.9 Å². The Hall–Kier alpha value is -1.39. The van der Waals surface area contributed by atoms with Crippen LogP contribution < -0.4 is 0 Å². The van der Waals surface area contributed by atoms with Crippen molar-refractivity contribution in [2.24, 2.45) is 0 Å². The third-order valence-corrected chi connectivity index (χ3v) is 2.66. The molecule has 1 aliphatic rings. The van der Waals surface area contributed by atoms with E-state index >= 15 is 0 Å². The van der Waals surface area contributed by atoms with Gasteiger partial charge in [-0.3, -0.25) is 0 Å². The number of esters is 1. The second kappa shape index (κ2) is 4.47. The zero-order chi connectivity index (χ0) is 12.5. The third-order valence-electron chi connectivity index (χ3n) is 2.66. The van der Waals surface area contributed by atoms with Crippen molar-refractivity contribution in [3.63, 3.8) is 0 Å². The molecular weight excluding hydrogens is 220 g/mol. The Kier molecular flexibility index (Phi) is 3.17. The monoisotopic (exact) mass is 236 g/mol. The highest BCUT2D eigenvalue weighted by atomic mass is 16.8. The molecule has 0 saturated carbocycles. The molecule has 0 amide bonds. The molecule has 1 aliphatic heterocycles. The molecule has 4 heteroatoms. The van der Waals surface area contributed by atoms with Gasteiger partial charge < -0.3 is 14.2 Å². The summed E-state index contributed by atoms with van der Waals surface area (Å²) in [7, 11) is 1.35. The molecule has 2 rings (SSSR count). The van der Waals surface area contributed by atoms with Crippen LogP contribution in [0.4, 0.5) is 0 Å². The molecule has 1 fully saturated rings. The van der Waals surface area contributed by atoms with Crippen LogP contribution in [0.15, 0.2) is 30.3 Å². The molecule has 0 aliphatic carbocycles. The molecular formula is C13H16O4. The Labute approximate surface area is 100 Å². The lowest BCUT2D eigenvalue weighted by Gasteiger charge is -2.16. The van der Waals surface area contributed by atoms with Gasteiger partial charge in [-0.2, -0.15) is 0 Å². The highest BCUT2D eigenvalue weighted by Gasteiger charge is 2.46. The Bertz CT molecular complexity index is 399. The minimum Gasteiger partial charge on any atom is -0.467 e. The lowest BCUT2D eigenvalue weighted by Crippen LogP contribution is -2.28. The Morgan fingerprint density at radius 1 is 1.24 bits per heavy atom. The molecule has 1 aromatic carbocycles. The summed E-state index contributed by atoms with van der Waals surface area (Å²) >= 11 is 0. The SMILES string of the molecule is COC(=O)[C@@H]1OC(C)(C)OC1c1ccccc1. The third kappa shape index (κ3) is 2.48. The van der Waals surface area contributed by atoms with Crippen molar-refractivity contribution in [2.75, 3.05) is 7.11 Å². The number of carbonyl (C=O) groups excluding carboxylic acids is 1. The molecule has 1 heterocycles. The first-order chi connectivity index (χ1) is 8.03. The summed E-state index contributed by atoms with van der Waals surface area (Å²) in [5.74, 6) is -1.19. The number of hydrogen-bond donors (Lipinski definition) is 0. The second-order valence-electron chi connectivity index (χ2n) is 4.41. The van der Waals surface area contributed by atoms with Gasteiger partial charge in [0.2, 0.25) is 0 Å². The van der Waals surface area contributed by atoms with Crippen LogP contribution >= 0.6 is 0 Å². The summed E-state index contributed by atoms with van der Waals surface area (Å²) in [6.45, 7) is 3.57. The van der Waals surface area contributed by atoms with Crippen LogP contribution in [0.25, 0.3) is 0 Å². The van der Waals surface area contributed by atoms with Gasteiger partial charge in [-0.25, -0.2) is 4.79 Å². The van der Waals surface area contributed by atoms with Gasteiger partial charge in [-0.1, -0.05) is 30.3 Å². The van der Waals surface area contributed by atoms with Crippen molar-refractivity contribution in [3.05, 3.63) is 35.9 Å². The summed E-state index contributed by atoms with van der Waals surface area (Å²) < 4.78 is 16.1. The highest BCUT2D eigenvalue weighted by Crippen LogP contribution is 2.38.